The van der Waals surface area contributed by atoms with Gasteiger partial charge >= 0.3 is 0 Å². The highest BCUT2D eigenvalue weighted by Gasteiger charge is 2.39. The van der Waals surface area contributed by atoms with E-state index in [1.807, 2.05) is 19.2 Å². The maximum atomic E-state index is 6.05. The smallest absolute Gasteiger partial charge is 0.191 e. The molecule has 1 aromatic carbocycles. The molecule has 2 N–H and O–H groups in total. The molecule has 2 fully saturated rings. The molecule has 2 unspecified atom stereocenters. The van der Waals surface area contributed by atoms with Crippen LogP contribution < -0.4 is 10.6 Å². The quantitative estimate of drug-likeness (QED) is 0.442. The number of nitrogens with zero attached hydrogens (tertiary/aromatic N) is 1. The zero-order valence-corrected chi connectivity index (χ0v) is 15.4. The van der Waals surface area contributed by atoms with Gasteiger partial charge in [0.2, 0.25) is 0 Å². The van der Waals surface area contributed by atoms with Crippen molar-refractivity contribution in [3.05, 3.63) is 34.9 Å². The van der Waals surface area contributed by atoms with E-state index in [9.17, 15) is 0 Å². The first-order valence-corrected chi connectivity index (χ1v) is 7.89. The summed E-state index contributed by atoms with van der Waals surface area (Å²) in [6.45, 7) is 0. The van der Waals surface area contributed by atoms with Crippen molar-refractivity contribution in [2.24, 2.45) is 4.99 Å². The highest BCUT2D eigenvalue weighted by Crippen LogP contribution is 2.41. The summed E-state index contributed by atoms with van der Waals surface area (Å²) in [7, 11) is 1.85. The molecular weight excluding hydrogens is 397 g/mol. The highest BCUT2D eigenvalue weighted by atomic mass is 127. The van der Waals surface area contributed by atoms with Gasteiger partial charge in [-0.2, -0.15) is 0 Å². The van der Waals surface area contributed by atoms with Crippen molar-refractivity contribution in [1.82, 2.24) is 10.6 Å². The number of guanidine groups is 1. The van der Waals surface area contributed by atoms with Crippen molar-refractivity contribution < 1.29 is 0 Å². The summed E-state index contributed by atoms with van der Waals surface area (Å²) in [5, 5.41) is 7.89. The largest absolute Gasteiger partial charge is 0.354 e. The first kappa shape index (κ1) is 16.9. The number of halogens is 2. The summed E-state index contributed by atoms with van der Waals surface area (Å²) in [5.41, 5.74) is 1.33. The van der Waals surface area contributed by atoms with Crippen molar-refractivity contribution in [2.45, 2.75) is 50.1 Å². The summed E-state index contributed by atoms with van der Waals surface area (Å²) in [6.07, 6.45) is 6.37. The molecule has 5 heteroatoms. The van der Waals surface area contributed by atoms with Gasteiger partial charge in [0, 0.05) is 30.1 Å². The van der Waals surface area contributed by atoms with E-state index in [0.29, 0.717) is 18.0 Å². The molecule has 0 spiro atoms. The van der Waals surface area contributed by atoms with E-state index >= 15 is 0 Å². The molecule has 0 amide bonds. The lowest BCUT2D eigenvalue weighted by molar-refractivity contribution is 0.612. The van der Waals surface area contributed by atoms with E-state index in [0.717, 1.165) is 17.4 Å². The van der Waals surface area contributed by atoms with Crippen molar-refractivity contribution in [2.75, 3.05) is 7.05 Å². The van der Waals surface area contributed by atoms with Crippen molar-refractivity contribution in [1.29, 1.82) is 0 Å². The Morgan fingerprint density at radius 3 is 2.67 bits per heavy atom. The minimum Gasteiger partial charge on any atom is -0.354 e. The molecule has 3 rings (SSSR count). The Labute approximate surface area is 149 Å². The van der Waals surface area contributed by atoms with Crippen molar-refractivity contribution in [3.8, 4) is 0 Å². The second-order valence-electron chi connectivity index (χ2n) is 5.85. The molecule has 116 valence electrons. The zero-order chi connectivity index (χ0) is 13.9. The highest BCUT2D eigenvalue weighted by molar-refractivity contribution is 14.0. The van der Waals surface area contributed by atoms with E-state index in [4.69, 9.17) is 11.6 Å². The minimum atomic E-state index is 0. The van der Waals surface area contributed by atoms with Crippen LogP contribution in [0.5, 0.6) is 0 Å². The summed E-state index contributed by atoms with van der Waals surface area (Å²) in [4.78, 5) is 4.35. The van der Waals surface area contributed by atoms with Crippen molar-refractivity contribution in [3.63, 3.8) is 0 Å². The summed E-state index contributed by atoms with van der Waals surface area (Å²) >= 11 is 6.05. The maximum absolute atomic E-state index is 6.05. The van der Waals surface area contributed by atoms with Gasteiger partial charge in [0.1, 0.15) is 0 Å². The monoisotopic (exact) mass is 419 g/mol. The van der Waals surface area contributed by atoms with Crippen LogP contribution in [-0.2, 0) is 0 Å². The van der Waals surface area contributed by atoms with Crippen LogP contribution >= 0.6 is 35.6 Å². The predicted octanol–water partition coefficient (Wildman–Crippen LogP) is 3.92. The van der Waals surface area contributed by atoms with Gasteiger partial charge in [-0.1, -0.05) is 36.6 Å². The maximum Gasteiger partial charge on any atom is 0.191 e. The molecule has 3 nitrogen and oxygen atoms in total. The fourth-order valence-electron chi connectivity index (χ4n) is 3.07. The normalized spacial score (nSPS) is 25.3. The molecule has 0 aliphatic heterocycles. The molecule has 21 heavy (non-hydrogen) atoms. The van der Waals surface area contributed by atoms with Gasteiger partial charge in [-0.25, -0.2) is 0 Å². The summed E-state index contributed by atoms with van der Waals surface area (Å²) < 4.78 is 0. The molecule has 2 aliphatic rings. The molecular formula is C16H23ClIN3. The molecule has 1 aromatic rings. The second-order valence-corrected chi connectivity index (χ2v) is 6.28. The van der Waals surface area contributed by atoms with Crippen LogP contribution in [0.1, 0.15) is 43.6 Å². The molecule has 0 radical (unpaired) electrons. The Morgan fingerprint density at radius 2 is 2.00 bits per heavy atom. The Kier molecular flexibility index (Phi) is 6.17. The third-order valence-electron chi connectivity index (χ3n) is 4.31. The van der Waals surface area contributed by atoms with Gasteiger partial charge in [-0.15, -0.1) is 24.0 Å². The average Bonchev–Trinajstić information content (AvgIpc) is 3.02. The number of hydrogen-bond donors (Lipinski definition) is 2. The van der Waals surface area contributed by atoms with Gasteiger partial charge in [-0.05, 0) is 37.0 Å². The van der Waals surface area contributed by atoms with Crippen LogP contribution in [0, 0.1) is 0 Å². The van der Waals surface area contributed by atoms with Gasteiger partial charge in [0.15, 0.2) is 5.96 Å². The predicted molar refractivity (Wildman–Crippen MR) is 99.9 cm³/mol. The lowest BCUT2D eigenvalue weighted by Crippen LogP contribution is -2.43. The van der Waals surface area contributed by atoms with Crippen LogP contribution in [0.3, 0.4) is 0 Å². The zero-order valence-electron chi connectivity index (χ0n) is 12.3. The lowest BCUT2D eigenvalue weighted by atomic mass is 10.1. The molecule has 2 atom stereocenters. The van der Waals surface area contributed by atoms with Crippen LogP contribution in [0.15, 0.2) is 29.3 Å². The van der Waals surface area contributed by atoms with Crippen LogP contribution in [0.25, 0.3) is 0 Å². The molecule has 0 heterocycles. The number of hydrogen-bond acceptors (Lipinski definition) is 1. The third-order valence-corrected chi connectivity index (χ3v) is 4.54. The first-order valence-electron chi connectivity index (χ1n) is 7.51. The van der Waals surface area contributed by atoms with E-state index < -0.39 is 0 Å². The number of rotatable bonds is 3. The average molecular weight is 420 g/mol. The summed E-state index contributed by atoms with van der Waals surface area (Å²) in [5.74, 6) is 1.52. The Hall–Kier alpha value is -0.490. The standard InChI is InChI=1S/C16H22ClN3.HI/c1-18-16(19-13-7-2-3-8-13)20-15-10-14(15)11-5-4-6-12(17)9-11;/h4-6,9,13-15H,2-3,7-8,10H2,1H3,(H2,18,19,20);1H. The Morgan fingerprint density at radius 1 is 1.24 bits per heavy atom. The first-order chi connectivity index (χ1) is 9.76. The lowest BCUT2D eigenvalue weighted by Gasteiger charge is -2.16. The van der Waals surface area contributed by atoms with Gasteiger partial charge in [-0.3, -0.25) is 4.99 Å². The van der Waals surface area contributed by atoms with Crippen LogP contribution in [-0.4, -0.2) is 25.1 Å². The summed E-state index contributed by atoms with van der Waals surface area (Å²) in [6, 6.07) is 9.27. The van der Waals surface area contributed by atoms with Gasteiger partial charge in [0.05, 0.1) is 0 Å². The Bertz CT molecular complexity index is 500. The third kappa shape index (κ3) is 4.49. The van der Waals surface area contributed by atoms with Gasteiger partial charge in [0.25, 0.3) is 0 Å². The number of benzene rings is 1. The number of nitrogens with one attached hydrogen (secondary N) is 2. The van der Waals surface area contributed by atoms with Gasteiger partial charge < -0.3 is 10.6 Å². The van der Waals surface area contributed by atoms with E-state index in [1.165, 1.54) is 31.2 Å². The van der Waals surface area contributed by atoms with E-state index in [2.05, 4.69) is 27.8 Å². The van der Waals surface area contributed by atoms with E-state index in [1.54, 1.807) is 0 Å². The number of aliphatic imine (C=N–C) groups is 1. The van der Waals surface area contributed by atoms with E-state index in [-0.39, 0.29) is 24.0 Å². The fourth-order valence-corrected chi connectivity index (χ4v) is 3.27. The molecule has 2 saturated carbocycles. The topological polar surface area (TPSA) is 36.4 Å². The molecule has 0 bridgehead atoms. The minimum absolute atomic E-state index is 0. The molecule has 2 aliphatic carbocycles. The second kappa shape index (κ2) is 7.68. The SMILES string of the molecule is CN=C(NC1CCCC1)NC1CC1c1cccc(Cl)c1.I. The molecule has 0 saturated heterocycles. The van der Waals surface area contributed by atoms with Crippen LogP contribution in [0.2, 0.25) is 5.02 Å². The van der Waals surface area contributed by atoms with Crippen molar-refractivity contribution >= 4 is 41.5 Å². The Balaban J connectivity index is 0.00000161. The molecule has 0 aromatic heterocycles. The van der Waals surface area contributed by atoms with Crippen LogP contribution in [0.4, 0.5) is 0 Å². The fraction of sp³-hybridized carbons (Fsp3) is 0.562.